The maximum atomic E-state index is 13.5. The molecule has 2 aromatic carbocycles. The molecule has 0 saturated carbocycles. The number of amides is 4. The zero-order valence-corrected chi connectivity index (χ0v) is 24.2. The number of carbonyl (C=O) groups is 4. The average molecular weight is 588 g/mol. The molecule has 1 unspecified atom stereocenters. The fraction of sp³-hybridized carbons (Fsp3) is 0.429. The van der Waals surface area contributed by atoms with E-state index in [-0.39, 0.29) is 24.3 Å². The summed E-state index contributed by atoms with van der Waals surface area (Å²) in [7, 11) is 0. The van der Waals surface area contributed by atoms with Crippen molar-refractivity contribution in [3.63, 3.8) is 0 Å². The van der Waals surface area contributed by atoms with Crippen molar-refractivity contribution < 1.29 is 24.3 Å². The first-order chi connectivity index (χ1) is 19.0. The Morgan fingerprint density at radius 2 is 1.70 bits per heavy atom. The normalized spacial score (nSPS) is 22.8. The first kappa shape index (κ1) is 31.3. The number of nitrogens with two attached hydrogens (primary N) is 2. The molecule has 1 aliphatic heterocycles. The van der Waals surface area contributed by atoms with Gasteiger partial charge in [0.25, 0.3) is 0 Å². The largest absolute Gasteiger partial charge is 0.508 e. The quantitative estimate of drug-likeness (QED) is 0.274. The Morgan fingerprint density at radius 1 is 1.02 bits per heavy atom. The van der Waals surface area contributed by atoms with Crippen molar-refractivity contribution in [2.45, 2.75) is 55.6 Å². The van der Waals surface area contributed by atoms with Crippen molar-refractivity contribution in [3.05, 3.63) is 65.7 Å². The number of hydrogen-bond donors (Lipinski definition) is 6. The first-order valence-corrected chi connectivity index (χ1v) is 15.1. The summed E-state index contributed by atoms with van der Waals surface area (Å²) in [4.78, 5) is 52.3. The van der Waals surface area contributed by atoms with Gasteiger partial charge < -0.3 is 32.5 Å². The molecule has 0 aliphatic carbocycles. The van der Waals surface area contributed by atoms with E-state index in [4.69, 9.17) is 11.5 Å². The third-order valence-electron chi connectivity index (χ3n) is 6.53. The second-order valence-corrected chi connectivity index (χ2v) is 13.1. The molecule has 3 rings (SSSR count). The van der Waals surface area contributed by atoms with E-state index in [9.17, 15) is 24.3 Å². The Morgan fingerprint density at radius 3 is 2.35 bits per heavy atom. The minimum atomic E-state index is -1.02. The number of aromatic hydroxyl groups is 1. The lowest BCUT2D eigenvalue weighted by Crippen LogP contribution is -2.61. The van der Waals surface area contributed by atoms with Crippen molar-refractivity contribution in [1.29, 1.82) is 0 Å². The summed E-state index contributed by atoms with van der Waals surface area (Å²) >= 11 is 2.98. The van der Waals surface area contributed by atoms with Crippen LogP contribution in [0.1, 0.15) is 25.0 Å². The highest BCUT2D eigenvalue weighted by Gasteiger charge is 2.38. The zero-order valence-electron chi connectivity index (χ0n) is 22.6. The van der Waals surface area contributed by atoms with Crippen LogP contribution in [0.5, 0.6) is 5.75 Å². The van der Waals surface area contributed by atoms with E-state index >= 15 is 0 Å². The molecule has 40 heavy (non-hydrogen) atoms. The molecular weight excluding hydrogens is 550 g/mol. The summed E-state index contributed by atoms with van der Waals surface area (Å²) in [5.74, 6) is -0.599. The SMILES string of the molecule is CC1(C)SCCSCC(NC(=O)[C@@H](N)Cc2ccc(O)cc2)C(=O)N[C@@H](Cc2ccccc2)C(=O)N[C@H]1C(N)=O. The van der Waals surface area contributed by atoms with E-state index in [0.29, 0.717) is 11.5 Å². The summed E-state index contributed by atoms with van der Waals surface area (Å²) in [5, 5.41) is 17.8. The maximum absolute atomic E-state index is 13.5. The van der Waals surface area contributed by atoms with E-state index in [1.807, 2.05) is 44.2 Å². The van der Waals surface area contributed by atoms with E-state index < -0.39 is 52.5 Å². The molecule has 12 heteroatoms. The predicted molar refractivity (Wildman–Crippen MR) is 159 cm³/mol. The Bertz CT molecular complexity index is 1180. The Kier molecular flexibility index (Phi) is 11.3. The van der Waals surface area contributed by atoms with E-state index in [1.54, 1.807) is 12.1 Å². The van der Waals surface area contributed by atoms with Gasteiger partial charge in [0.2, 0.25) is 23.6 Å². The van der Waals surface area contributed by atoms with Crippen molar-refractivity contribution in [2.24, 2.45) is 11.5 Å². The highest BCUT2D eigenvalue weighted by Crippen LogP contribution is 2.29. The molecule has 1 heterocycles. The van der Waals surface area contributed by atoms with Gasteiger partial charge in [-0.05, 0) is 43.5 Å². The zero-order chi connectivity index (χ0) is 29.3. The van der Waals surface area contributed by atoms with Crippen LogP contribution in [-0.2, 0) is 32.0 Å². The number of primary amides is 1. The molecule has 1 fully saturated rings. The highest BCUT2D eigenvalue weighted by atomic mass is 32.2. The monoisotopic (exact) mass is 587 g/mol. The molecule has 0 aromatic heterocycles. The molecule has 0 spiro atoms. The molecular formula is C28H37N5O5S2. The molecule has 216 valence electrons. The van der Waals surface area contributed by atoms with Gasteiger partial charge in [0, 0.05) is 28.4 Å². The second-order valence-electron chi connectivity index (χ2n) is 10.2. The first-order valence-electron chi connectivity index (χ1n) is 13.0. The van der Waals surface area contributed by atoms with Crippen molar-refractivity contribution in [3.8, 4) is 5.75 Å². The van der Waals surface area contributed by atoms with Gasteiger partial charge in [0.15, 0.2) is 0 Å². The molecule has 0 bridgehead atoms. The average Bonchev–Trinajstić information content (AvgIpc) is 2.91. The Labute approximate surface area is 242 Å². The van der Waals surface area contributed by atoms with Gasteiger partial charge in [0.05, 0.1) is 6.04 Å². The summed E-state index contributed by atoms with van der Waals surface area (Å²) < 4.78 is -0.688. The maximum Gasteiger partial charge on any atom is 0.244 e. The van der Waals surface area contributed by atoms with Gasteiger partial charge >= 0.3 is 0 Å². The topological polar surface area (TPSA) is 177 Å². The Balaban J connectivity index is 1.81. The fourth-order valence-corrected chi connectivity index (χ4v) is 6.56. The van der Waals surface area contributed by atoms with Crippen LogP contribution in [0, 0.1) is 0 Å². The fourth-order valence-electron chi connectivity index (χ4n) is 4.25. The Hall–Kier alpha value is -3.22. The minimum Gasteiger partial charge on any atom is -0.508 e. The van der Waals surface area contributed by atoms with Gasteiger partial charge in [-0.1, -0.05) is 42.5 Å². The predicted octanol–water partition coefficient (Wildman–Crippen LogP) is 0.703. The van der Waals surface area contributed by atoms with Crippen LogP contribution in [0.15, 0.2) is 54.6 Å². The standard InChI is InChI=1S/C28H37N5O5S2/c1-28(2)23(24(30)35)33-26(37)21(15-17-6-4-3-5-7-17)31-27(38)22(16-39-12-13-40-28)32-25(36)20(29)14-18-8-10-19(34)11-9-18/h3-11,20-23,34H,12-16,29H2,1-2H3,(H2,30,35)(H,31,38)(H,32,36)(H,33,37)/t20-,21-,22?,23-/m0/s1. The lowest BCUT2D eigenvalue weighted by molar-refractivity contribution is -0.133. The van der Waals surface area contributed by atoms with Crippen molar-refractivity contribution >= 4 is 47.2 Å². The van der Waals surface area contributed by atoms with E-state index in [2.05, 4.69) is 16.0 Å². The molecule has 8 N–H and O–H groups in total. The smallest absolute Gasteiger partial charge is 0.244 e. The summed E-state index contributed by atoms with van der Waals surface area (Å²) in [5.41, 5.74) is 13.4. The van der Waals surface area contributed by atoms with Gasteiger partial charge in [-0.3, -0.25) is 19.2 Å². The molecule has 4 amide bonds. The van der Waals surface area contributed by atoms with Crippen molar-refractivity contribution in [1.82, 2.24) is 16.0 Å². The number of rotatable bonds is 7. The number of benzene rings is 2. The number of phenolic OH excluding ortho intramolecular Hbond substituents is 1. The van der Waals surface area contributed by atoms with Crippen molar-refractivity contribution in [2.75, 3.05) is 17.3 Å². The minimum absolute atomic E-state index is 0.109. The van der Waals surface area contributed by atoms with Gasteiger partial charge in [-0.25, -0.2) is 0 Å². The van der Waals surface area contributed by atoms with Crippen LogP contribution >= 0.6 is 23.5 Å². The summed E-state index contributed by atoms with van der Waals surface area (Å²) in [6.45, 7) is 3.70. The highest BCUT2D eigenvalue weighted by molar-refractivity contribution is 8.03. The molecule has 0 radical (unpaired) electrons. The molecule has 4 atom stereocenters. The van der Waals surface area contributed by atoms with Crippen LogP contribution in [0.4, 0.5) is 0 Å². The molecule has 1 saturated heterocycles. The van der Waals surface area contributed by atoms with Gasteiger partial charge in [0.1, 0.15) is 23.9 Å². The van der Waals surface area contributed by atoms with Gasteiger partial charge in [-0.15, -0.1) is 0 Å². The lowest BCUT2D eigenvalue weighted by atomic mass is 10.00. The molecule has 1 aliphatic rings. The summed E-state index contributed by atoms with van der Waals surface area (Å²) in [6.07, 6.45) is 0.387. The number of thioether (sulfide) groups is 2. The molecule has 10 nitrogen and oxygen atoms in total. The number of nitrogens with one attached hydrogen (secondary N) is 3. The van der Waals surface area contributed by atoms with Crippen LogP contribution < -0.4 is 27.4 Å². The number of hydrogen-bond acceptors (Lipinski definition) is 8. The molecule has 2 aromatic rings. The second kappa shape index (κ2) is 14.4. The van der Waals surface area contributed by atoms with Crippen LogP contribution in [0.25, 0.3) is 0 Å². The third-order valence-corrected chi connectivity index (χ3v) is 9.24. The van der Waals surface area contributed by atoms with Crippen LogP contribution in [-0.4, -0.2) is 74.9 Å². The number of carbonyl (C=O) groups excluding carboxylic acids is 4. The number of phenols is 1. The third kappa shape index (κ3) is 9.17. The van der Waals surface area contributed by atoms with E-state index in [0.717, 1.165) is 11.1 Å². The lowest BCUT2D eigenvalue weighted by Gasteiger charge is -2.33. The van der Waals surface area contributed by atoms with E-state index in [1.165, 1.54) is 35.7 Å². The van der Waals surface area contributed by atoms with Crippen LogP contribution in [0.3, 0.4) is 0 Å². The van der Waals surface area contributed by atoms with Gasteiger partial charge in [-0.2, -0.15) is 23.5 Å². The van der Waals surface area contributed by atoms with Crippen LogP contribution in [0.2, 0.25) is 0 Å². The summed E-state index contributed by atoms with van der Waals surface area (Å²) in [6, 6.07) is 11.7.